The van der Waals surface area contributed by atoms with Crippen molar-refractivity contribution in [2.45, 2.75) is 44.3 Å². The Bertz CT molecular complexity index is 1100. The van der Waals surface area contributed by atoms with Gasteiger partial charge in [0.1, 0.15) is 18.4 Å². The smallest absolute Gasteiger partial charge is 0.416 e. The van der Waals surface area contributed by atoms with E-state index in [9.17, 15) is 45.8 Å². The maximum absolute atomic E-state index is 13.1. The van der Waals surface area contributed by atoms with Gasteiger partial charge in [-0.05, 0) is 48.4 Å². The van der Waals surface area contributed by atoms with Gasteiger partial charge in [-0.1, -0.05) is 12.1 Å². The first-order valence-electron chi connectivity index (χ1n) is 10.8. The number of benzene rings is 2. The van der Waals surface area contributed by atoms with Gasteiger partial charge < -0.3 is 20.1 Å². The molecule has 2 amide bonds. The molecule has 0 fully saturated rings. The van der Waals surface area contributed by atoms with Crippen molar-refractivity contribution in [3.63, 3.8) is 0 Å². The molecule has 0 aliphatic carbocycles. The molecule has 2 aromatic carbocycles. The van der Waals surface area contributed by atoms with E-state index in [1.165, 1.54) is 45.3 Å². The highest BCUT2D eigenvalue weighted by atomic mass is 19.4. The second-order valence-corrected chi connectivity index (χ2v) is 8.17. The fourth-order valence-corrected chi connectivity index (χ4v) is 3.30. The van der Waals surface area contributed by atoms with Crippen LogP contribution in [0.15, 0.2) is 42.5 Å². The van der Waals surface area contributed by atoms with Crippen LogP contribution in [0, 0.1) is 0 Å². The number of nitrogens with one attached hydrogen (secondary N) is 1. The SMILES string of the molecule is CNC(=O)CC(C(=O)N(C)C(C)C(=O)O)c1ccc(OCc2cc(C(F)(F)F)cc(C(F)(F)F)c2)cc1. The van der Waals surface area contributed by atoms with Crippen LogP contribution in [0.2, 0.25) is 0 Å². The van der Waals surface area contributed by atoms with Crippen LogP contribution >= 0.6 is 0 Å². The second-order valence-electron chi connectivity index (χ2n) is 8.17. The third kappa shape index (κ3) is 7.86. The Hall–Kier alpha value is -3.77. The quantitative estimate of drug-likeness (QED) is 0.464. The molecule has 0 radical (unpaired) electrons. The third-order valence-electron chi connectivity index (χ3n) is 5.59. The lowest BCUT2D eigenvalue weighted by atomic mass is 9.93. The van der Waals surface area contributed by atoms with Crippen LogP contribution in [0.25, 0.3) is 0 Å². The van der Waals surface area contributed by atoms with Crippen molar-refractivity contribution >= 4 is 17.8 Å². The molecule has 2 aromatic rings. The van der Waals surface area contributed by atoms with Crippen molar-refractivity contribution in [2.24, 2.45) is 0 Å². The number of alkyl halides is 6. The zero-order valence-electron chi connectivity index (χ0n) is 19.9. The maximum atomic E-state index is 13.1. The summed E-state index contributed by atoms with van der Waals surface area (Å²) in [5.74, 6) is -3.36. The molecule has 0 aromatic heterocycles. The molecule has 0 bridgehead atoms. The Labute approximate surface area is 208 Å². The molecule has 202 valence electrons. The molecule has 0 saturated heterocycles. The van der Waals surface area contributed by atoms with Gasteiger partial charge >= 0.3 is 18.3 Å². The average Bonchev–Trinajstić information content (AvgIpc) is 2.83. The molecule has 0 heterocycles. The molecule has 0 aliphatic rings. The van der Waals surface area contributed by atoms with Gasteiger partial charge in [-0.25, -0.2) is 4.79 Å². The minimum absolute atomic E-state index is 0.0180. The summed E-state index contributed by atoms with van der Waals surface area (Å²) in [5, 5.41) is 11.6. The van der Waals surface area contributed by atoms with E-state index in [1.807, 2.05) is 0 Å². The van der Waals surface area contributed by atoms with Gasteiger partial charge in [0, 0.05) is 20.5 Å². The molecule has 2 rings (SSSR count). The first kappa shape index (κ1) is 29.5. The Morgan fingerprint density at radius 3 is 1.92 bits per heavy atom. The van der Waals surface area contributed by atoms with E-state index in [2.05, 4.69) is 5.32 Å². The van der Waals surface area contributed by atoms with Crippen molar-refractivity contribution in [1.82, 2.24) is 10.2 Å². The molecule has 13 heteroatoms. The van der Waals surface area contributed by atoms with Gasteiger partial charge in [-0.3, -0.25) is 9.59 Å². The van der Waals surface area contributed by atoms with Crippen LogP contribution in [-0.2, 0) is 33.3 Å². The lowest BCUT2D eigenvalue weighted by molar-refractivity contribution is -0.149. The largest absolute Gasteiger partial charge is 0.489 e. The van der Waals surface area contributed by atoms with Crippen molar-refractivity contribution < 1.29 is 50.6 Å². The lowest BCUT2D eigenvalue weighted by Crippen LogP contribution is -2.43. The van der Waals surface area contributed by atoms with Gasteiger partial charge in [0.05, 0.1) is 17.0 Å². The van der Waals surface area contributed by atoms with E-state index in [4.69, 9.17) is 4.74 Å². The molecular formula is C24H24F6N2O5. The monoisotopic (exact) mass is 534 g/mol. The summed E-state index contributed by atoms with van der Waals surface area (Å²) in [7, 11) is 2.64. The number of likely N-dealkylation sites (N-methyl/N-ethyl adjacent to an activating group) is 1. The van der Waals surface area contributed by atoms with Crippen molar-refractivity contribution in [1.29, 1.82) is 0 Å². The minimum Gasteiger partial charge on any atom is -0.489 e. The number of carboxylic acid groups (broad SMARTS) is 1. The van der Waals surface area contributed by atoms with Crippen LogP contribution in [0.5, 0.6) is 5.75 Å². The molecule has 0 saturated carbocycles. The van der Waals surface area contributed by atoms with Crippen LogP contribution in [0.4, 0.5) is 26.3 Å². The fraction of sp³-hybridized carbons (Fsp3) is 0.375. The van der Waals surface area contributed by atoms with Crippen molar-refractivity contribution in [3.05, 3.63) is 64.7 Å². The van der Waals surface area contributed by atoms with E-state index in [1.54, 1.807) is 0 Å². The van der Waals surface area contributed by atoms with E-state index >= 15 is 0 Å². The van der Waals surface area contributed by atoms with E-state index in [0.717, 1.165) is 4.90 Å². The number of carbonyl (C=O) groups is 3. The van der Waals surface area contributed by atoms with Crippen LogP contribution in [0.3, 0.4) is 0 Å². The number of carbonyl (C=O) groups excluding carboxylic acids is 2. The molecule has 2 N–H and O–H groups in total. The van der Waals surface area contributed by atoms with Crippen molar-refractivity contribution in [3.8, 4) is 5.75 Å². The molecule has 37 heavy (non-hydrogen) atoms. The number of rotatable bonds is 9. The average molecular weight is 534 g/mol. The zero-order valence-corrected chi connectivity index (χ0v) is 19.9. The summed E-state index contributed by atoms with van der Waals surface area (Å²) in [4.78, 5) is 37.1. The highest BCUT2D eigenvalue weighted by Gasteiger charge is 2.37. The number of nitrogens with zero attached hydrogens (tertiary/aromatic N) is 1. The maximum Gasteiger partial charge on any atom is 0.416 e. The fourth-order valence-electron chi connectivity index (χ4n) is 3.30. The van der Waals surface area contributed by atoms with E-state index in [-0.39, 0.29) is 23.8 Å². The summed E-state index contributed by atoms with van der Waals surface area (Å²) >= 11 is 0. The van der Waals surface area contributed by atoms with Gasteiger partial charge in [-0.15, -0.1) is 0 Å². The molecule has 0 spiro atoms. The van der Waals surface area contributed by atoms with Gasteiger partial charge in [-0.2, -0.15) is 26.3 Å². The number of amides is 2. The Morgan fingerprint density at radius 1 is 0.973 bits per heavy atom. The van der Waals surface area contributed by atoms with Gasteiger partial charge in [0.25, 0.3) is 0 Å². The Balaban J connectivity index is 2.27. The zero-order chi connectivity index (χ0) is 28.1. The Kier molecular flexibility index (Phi) is 9.17. The number of carboxylic acids is 1. The summed E-state index contributed by atoms with van der Waals surface area (Å²) in [6, 6.07) is 5.42. The molecule has 7 nitrogen and oxygen atoms in total. The molecule has 0 aliphatic heterocycles. The van der Waals surface area contributed by atoms with E-state index in [0.29, 0.717) is 17.7 Å². The van der Waals surface area contributed by atoms with Crippen LogP contribution < -0.4 is 10.1 Å². The first-order valence-corrected chi connectivity index (χ1v) is 10.8. The summed E-state index contributed by atoms with van der Waals surface area (Å²) < 4.78 is 83.7. The van der Waals surface area contributed by atoms with Crippen LogP contribution in [-0.4, -0.2) is 47.9 Å². The Morgan fingerprint density at radius 2 is 1.49 bits per heavy atom. The normalized spacial score (nSPS) is 13.4. The van der Waals surface area contributed by atoms with Crippen LogP contribution in [0.1, 0.15) is 41.5 Å². The first-order chi connectivity index (χ1) is 17.0. The third-order valence-corrected chi connectivity index (χ3v) is 5.59. The second kappa shape index (κ2) is 11.5. The van der Waals surface area contributed by atoms with Crippen molar-refractivity contribution in [2.75, 3.05) is 14.1 Å². The number of hydrogen-bond acceptors (Lipinski definition) is 4. The number of aliphatic carboxylic acids is 1. The molecule has 2 unspecified atom stereocenters. The van der Waals surface area contributed by atoms with Gasteiger partial charge in [0.15, 0.2) is 0 Å². The summed E-state index contributed by atoms with van der Waals surface area (Å²) in [6.45, 7) is 0.692. The highest BCUT2D eigenvalue weighted by molar-refractivity contribution is 5.91. The predicted octanol–water partition coefficient (Wildman–Crippen LogP) is 4.45. The summed E-state index contributed by atoms with van der Waals surface area (Å²) in [6.07, 6.45) is -10.3. The van der Waals surface area contributed by atoms with Gasteiger partial charge in [0.2, 0.25) is 11.8 Å². The molecular weight excluding hydrogens is 510 g/mol. The topological polar surface area (TPSA) is 95.9 Å². The van der Waals surface area contributed by atoms with E-state index < -0.39 is 59.8 Å². The predicted molar refractivity (Wildman–Crippen MR) is 119 cm³/mol. The number of halogens is 6. The minimum atomic E-state index is -4.99. The lowest BCUT2D eigenvalue weighted by Gasteiger charge is -2.26. The highest BCUT2D eigenvalue weighted by Crippen LogP contribution is 2.36. The standard InChI is InChI=1S/C24H24F6N2O5/c1-13(22(35)36)32(3)21(34)19(11-20(33)31-2)15-4-6-18(7-5-15)37-12-14-8-16(23(25,26)27)10-17(9-14)24(28,29)30/h4-10,13,19H,11-12H2,1-3H3,(H,31,33)(H,35,36). The number of hydrogen-bond donors (Lipinski definition) is 2. The summed E-state index contributed by atoms with van der Waals surface area (Å²) in [5.41, 5.74) is -2.97. The number of ether oxygens (including phenoxy) is 1. The molecule has 2 atom stereocenters.